The van der Waals surface area contributed by atoms with E-state index in [0.29, 0.717) is 18.9 Å². The van der Waals surface area contributed by atoms with Gasteiger partial charge in [-0.2, -0.15) is 0 Å². The van der Waals surface area contributed by atoms with Gasteiger partial charge in [0.2, 0.25) is 5.89 Å². The first-order valence-corrected chi connectivity index (χ1v) is 8.66. The molecular formula is C22H21NO4. The highest BCUT2D eigenvalue weighted by molar-refractivity contribution is 5.86. The topological polar surface area (TPSA) is 61.6 Å². The van der Waals surface area contributed by atoms with Crippen LogP contribution in [0.15, 0.2) is 65.1 Å². The molecule has 0 fully saturated rings. The van der Waals surface area contributed by atoms with Crippen molar-refractivity contribution in [1.82, 2.24) is 4.98 Å². The molecule has 0 atom stereocenters. The predicted molar refractivity (Wildman–Crippen MR) is 103 cm³/mol. The number of aryl methyl sites for hydroxylation is 1. The van der Waals surface area contributed by atoms with E-state index in [-0.39, 0.29) is 5.97 Å². The van der Waals surface area contributed by atoms with Gasteiger partial charge in [0.15, 0.2) is 0 Å². The maximum atomic E-state index is 11.1. The number of benzene rings is 2. The lowest BCUT2D eigenvalue weighted by Gasteiger charge is -2.05. The molecule has 0 aliphatic carbocycles. The molecule has 3 aromatic rings. The molecule has 3 rings (SSSR count). The average molecular weight is 363 g/mol. The summed E-state index contributed by atoms with van der Waals surface area (Å²) >= 11 is 0. The third-order valence-electron chi connectivity index (χ3n) is 4.01. The molecule has 0 unspecified atom stereocenters. The highest BCUT2D eigenvalue weighted by atomic mass is 16.5. The van der Waals surface area contributed by atoms with Gasteiger partial charge in [0.25, 0.3) is 0 Å². The van der Waals surface area contributed by atoms with Crippen molar-refractivity contribution >= 4 is 12.0 Å². The lowest BCUT2D eigenvalue weighted by Crippen LogP contribution is -2.02. The number of oxazole rings is 1. The fourth-order valence-electron chi connectivity index (χ4n) is 2.54. The van der Waals surface area contributed by atoms with Crippen LogP contribution >= 0.6 is 0 Å². The number of ether oxygens (including phenoxy) is 2. The monoisotopic (exact) mass is 363 g/mol. The lowest BCUT2D eigenvalue weighted by atomic mass is 10.2. The van der Waals surface area contributed by atoms with E-state index in [4.69, 9.17) is 9.15 Å². The molecule has 0 spiro atoms. The zero-order valence-electron chi connectivity index (χ0n) is 15.3. The Labute approximate surface area is 158 Å². The molecule has 0 amide bonds. The normalized spacial score (nSPS) is 10.9. The number of hydrogen-bond donors (Lipinski definition) is 0. The Bertz CT molecular complexity index is 911. The standard InChI is InChI=1S/C22H21NO4/c1-16-20(23-22(27-16)18-6-4-3-5-7-18)14-15-26-19-11-8-17(9-12-19)10-13-21(24)25-2/h3-13H,14-15H2,1-2H3. The van der Waals surface area contributed by atoms with Crippen LogP contribution in [0.5, 0.6) is 5.75 Å². The number of rotatable bonds is 7. The molecule has 5 heteroatoms. The van der Waals surface area contributed by atoms with E-state index in [9.17, 15) is 4.79 Å². The minimum atomic E-state index is -0.381. The third-order valence-corrected chi connectivity index (χ3v) is 4.01. The van der Waals surface area contributed by atoms with Crippen LogP contribution in [0.1, 0.15) is 17.0 Å². The zero-order valence-corrected chi connectivity index (χ0v) is 15.3. The van der Waals surface area contributed by atoms with E-state index in [1.165, 1.54) is 13.2 Å². The Morgan fingerprint density at radius 2 is 1.85 bits per heavy atom. The Morgan fingerprint density at radius 3 is 2.56 bits per heavy atom. The van der Waals surface area contributed by atoms with Crippen LogP contribution in [0.3, 0.4) is 0 Å². The summed E-state index contributed by atoms with van der Waals surface area (Å²) in [6.45, 7) is 2.41. The summed E-state index contributed by atoms with van der Waals surface area (Å²) in [5.41, 5.74) is 2.75. The third kappa shape index (κ3) is 5.07. The van der Waals surface area contributed by atoms with Crippen LogP contribution in [-0.4, -0.2) is 24.7 Å². The molecule has 138 valence electrons. The maximum absolute atomic E-state index is 11.1. The highest BCUT2D eigenvalue weighted by Crippen LogP contribution is 2.22. The van der Waals surface area contributed by atoms with Gasteiger partial charge in [0, 0.05) is 18.1 Å². The molecule has 1 aromatic heterocycles. The molecule has 1 heterocycles. The number of methoxy groups -OCH3 is 1. The minimum absolute atomic E-state index is 0.381. The SMILES string of the molecule is COC(=O)C=Cc1ccc(OCCc2nc(-c3ccccc3)oc2C)cc1. The van der Waals surface area contributed by atoms with E-state index in [2.05, 4.69) is 9.72 Å². The van der Waals surface area contributed by atoms with Crippen LogP contribution in [0.2, 0.25) is 0 Å². The van der Waals surface area contributed by atoms with Gasteiger partial charge in [-0.25, -0.2) is 9.78 Å². The van der Waals surface area contributed by atoms with Crippen molar-refractivity contribution in [3.05, 3.63) is 77.7 Å². The molecule has 0 bridgehead atoms. The van der Waals surface area contributed by atoms with Crippen molar-refractivity contribution in [3.63, 3.8) is 0 Å². The average Bonchev–Trinajstić information content (AvgIpc) is 3.08. The second-order valence-electron chi connectivity index (χ2n) is 5.91. The largest absolute Gasteiger partial charge is 0.493 e. The van der Waals surface area contributed by atoms with Crippen molar-refractivity contribution in [1.29, 1.82) is 0 Å². The first-order valence-electron chi connectivity index (χ1n) is 8.66. The molecule has 27 heavy (non-hydrogen) atoms. The molecule has 0 aliphatic heterocycles. The van der Waals surface area contributed by atoms with Gasteiger partial charge in [-0.05, 0) is 42.8 Å². The molecule has 0 saturated heterocycles. The summed E-state index contributed by atoms with van der Waals surface area (Å²) in [5.74, 6) is 1.81. The van der Waals surface area contributed by atoms with Gasteiger partial charge in [0.05, 0.1) is 19.4 Å². The summed E-state index contributed by atoms with van der Waals surface area (Å²) in [5, 5.41) is 0. The van der Waals surface area contributed by atoms with Crippen LogP contribution in [0.4, 0.5) is 0 Å². The number of esters is 1. The minimum Gasteiger partial charge on any atom is -0.493 e. The van der Waals surface area contributed by atoms with E-state index in [1.807, 2.05) is 61.5 Å². The molecule has 0 radical (unpaired) electrons. The molecular weight excluding hydrogens is 342 g/mol. The van der Waals surface area contributed by atoms with Gasteiger partial charge in [-0.3, -0.25) is 0 Å². The molecule has 2 aromatic carbocycles. The molecule has 5 nitrogen and oxygen atoms in total. The molecule has 0 saturated carbocycles. The van der Waals surface area contributed by atoms with Crippen molar-refractivity contribution in [2.75, 3.05) is 13.7 Å². The summed E-state index contributed by atoms with van der Waals surface area (Å²) in [6, 6.07) is 17.3. The van der Waals surface area contributed by atoms with Gasteiger partial charge in [-0.15, -0.1) is 0 Å². The predicted octanol–water partition coefficient (Wildman–Crippen LogP) is 4.46. The Morgan fingerprint density at radius 1 is 1.11 bits per heavy atom. The van der Waals surface area contributed by atoms with E-state index >= 15 is 0 Å². The second-order valence-corrected chi connectivity index (χ2v) is 5.91. The smallest absolute Gasteiger partial charge is 0.330 e. The van der Waals surface area contributed by atoms with Crippen molar-refractivity contribution < 1.29 is 18.7 Å². The van der Waals surface area contributed by atoms with Crippen molar-refractivity contribution in [2.24, 2.45) is 0 Å². The number of aromatic nitrogens is 1. The van der Waals surface area contributed by atoms with E-state index in [1.54, 1.807) is 6.08 Å². The fraction of sp³-hybridized carbons (Fsp3) is 0.182. The van der Waals surface area contributed by atoms with Crippen LogP contribution in [0, 0.1) is 6.92 Å². The summed E-state index contributed by atoms with van der Waals surface area (Å²) in [4.78, 5) is 15.7. The van der Waals surface area contributed by atoms with Crippen molar-refractivity contribution in [3.8, 4) is 17.2 Å². The van der Waals surface area contributed by atoms with Gasteiger partial charge < -0.3 is 13.9 Å². The quantitative estimate of drug-likeness (QED) is 0.458. The van der Waals surface area contributed by atoms with E-state index in [0.717, 1.165) is 28.3 Å². The molecule has 0 aliphatic rings. The maximum Gasteiger partial charge on any atom is 0.330 e. The van der Waals surface area contributed by atoms with Crippen LogP contribution in [0.25, 0.3) is 17.5 Å². The summed E-state index contributed by atoms with van der Waals surface area (Å²) in [6.07, 6.45) is 3.74. The summed E-state index contributed by atoms with van der Waals surface area (Å²) in [7, 11) is 1.35. The van der Waals surface area contributed by atoms with Gasteiger partial charge in [-0.1, -0.05) is 30.3 Å². The Balaban J connectivity index is 1.55. The van der Waals surface area contributed by atoms with Crippen molar-refractivity contribution in [2.45, 2.75) is 13.3 Å². The first-order chi connectivity index (χ1) is 13.2. The highest BCUT2D eigenvalue weighted by Gasteiger charge is 2.11. The number of nitrogens with zero attached hydrogens (tertiary/aromatic N) is 1. The van der Waals surface area contributed by atoms with Gasteiger partial charge >= 0.3 is 5.97 Å². The molecule has 0 N–H and O–H groups in total. The van der Waals surface area contributed by atoms with Crippen LogP contribution < -0.4 is 4.74 Å². The zero-order chi connectivity index (χ0) is 19.1. The number of hydrogen-bond acceptors (Lipinski definition) is 5. The first kappa shape index (κ1) is 18.5. The summed E-state index contributed by atoms with van der Waals surface area (Å²) < 4.78 is 16.1. The Kier molecular flexibility index (Phi) is 6.05. The van der Waals surface area contributed by atoms with E-state index < -0.39 is 0 Å². The fourth-order valence-corrected chi connectivity index (χ4v) is 2.54. The van der Waals surface area contributed by atoms with Crippen LogP contribution in [-0.2, 0) is 16.0 Å². The Hall–Kier alpha value is -3.34. The lowest BCUT2D eigenvalue weighted by molar-refractivity contribution is -0.134. The number of carbonyl (C=O) groups is 1. The van der Waals surface area contributed by atoms with Gasteiger partial charge in [0.1, 0.15) is 11.5 Å². The number of carbonyl (C=O) groups excluding carboxylic acids is 1. The second kappa shape index (κ2) is 8.85.